The van der Waals surface area contributed by atoms with E-state index in [9.17, 15) is 18.3 Å². The molecule has 1 aliphatic rings. The molecule has 0 saturated carbocycles. The standard InChI is InChI=1S/C24H29N3O6S/c1-3-32-12-13-33-18-8-10-19(11-9-18)34(30,31)26-15-17(2)23(16-26)27-22-7-5-4-6-20(22)21(25-27)14-24(28)29/h4-11,17,23H,3,12-16H2,1-2H3,(H,28,29)/t17-,23+/m1/s1. The molecule has 0 radical (unpaired) electrons. The second-order valence-corrected chi connectivity index (χ2v) is 10.3. The maximum atomic E-state index is 13.3. The monoisotopic (exact) mass is 487 g/mol. The van der Waals surface area contributed by atoms with Crippen LogP contribution in [0.2, 0.25) is 0 Å². The smallest absolute Gasteiger partial charge is 0.309 e. The molecule has 34 heavy (non-hydrogen) atoms. The molecule has 9 nitrogen and oxygen atoms in total. The highest BCUT2D eigenvalue weighted by Gasteiger charge is 2.39. The normalized spacial score (nSPS) is 19.0. The van der Waals surface area contributed by atoms with Crippen molar-refractivity contribution in [2.45, 2.75) is 31.2 Å². The van der Waals surface area contributed by atoms with E-state index >= 15 is 0 Å². The molecule has 0 aliphatic carbocycles. The summed E-state index contributed by atoms with van der Waals surface area (Å²) in [5.74, 6) is -0.374. The number of fused-ring (bicyclic) bond motifs is 1. The van der Waals surface area contributed by atoms with Crippen LogP contribution in [0.1, 0.15) is 25.6 Å². The van der Waals surface area contributed by atoms with E-state index in [-0.39, 0.29) is 29.8 Å². The number of benzene rings is 2. The minimum atomic E-state index is -3.71. The van der Waals surface area contributed by atoms with Gasteiger partial charge in [0, 0.05) is 25.1 Å². The van der Waals surface area contributed by atoms with Crippen molar-refractivity contribution < 1.29 is 27.8 Å². The Morgan fingerprint density at radius 3 is 2.56 bits per heavy atom. The predicted octanol–water partition coefficient (Wildman–Crippen LogP) is 2.96. The molecule has 0 bridgehead atoms. The molecule has 10 heteroatoms. The number of rotatable bonds is 10. The van der Waals surface area contributed by atoms with Crippen molar-refractivity contribution in [3.05, 3.63) is 54.2 Å². The average molecular weight is 488 g/mol. The number of hydrogen-bond acceptors (Lipinski definition) is 6. The van der Waals surface area contributed by atoms with Crippen molar-refractivity contribution in [3.8, 4) is 5.75 Å². The van der Waals surface area contributed by atoms with Gasteiger partial charge in [0.2, 0.25) is 10.0 Å². The summed E-state index contributed by atoms with van der Waals surface area (Å²) in [4.78, 5) is 11.5. The van der Waals surface area contributed by atoms with Crippen LogP contribution in [-0.2, 0) is 26.0 Å². The second-order valence-electron chi connectivity index (χ2n) is 8.36. The quantitative estimate of drug-likeness (QED) is 0.438. The highest BCUT2D eigenvalue weighted by atomic mass is 32.2. The lowest BCUT2D eigenvalue weighted by Gasteiger charge is -2.18. The van der Waals surface area contributed by atoms with Crippen molar-refractivity contribution in [1.29, 1.82) is 0 Å². The Balaban J connectivity index is 1.53. The highest BCUT2D eigenvalue weighted by molar-refractivity contribution is 7.89. The molecule has 1 N–H and O–H groups in total. The molecule has 1 fully saturated rings. The van der Waals surface area contributed by atoms with Crippen molar-refractivity contribution >= 4 is 26.9 Å². The van der Waals surface area contributed by atoms with Gasteiger partial charge in [0.25, 0.3) is 0 Å². The zero-order chi connectivity index (χ0) is 24.3. The number of ether oxygens (including phenoxy) is 2. The molecule has 4 rings (SSSR count). The van der Waals surface area contributed by atoms with Gasteiger partial charge in [0.15, 0.2) is 0 Å². The number of carboxylic acids is 1. The van der Waals surface area contributed by atoms with Gasteiger partial charge in [-0.3, -0.25) is 9.48 Å². The van der Waals surface area contributed by atoms with Crippen LogP contribution in [0, 0.1) is 5.92 Å². The van der Waals surface area contributed by atoms with Gasteiger partial charge in [0.05, 0.1) is 35.2 Å². The lowest BCUT2D eigenvalue weighted by Crippen LogP contribution is -2.29. The van der Waals surface area contributed by atoms with Gasteiger partial charge in [-0.1, -0.05) is 25.1 Å². The molecule has 2 aromatic carbocycles. The van der Waals surface area contributed by atoms with Crippen molar-refractivity contribution in [1.82, 2.24) is 14.1 Å². The van der Waals surface area contributed by atoms with Gasteiger partial charge < -0.3 is 14.6 Å². The molecule has 0 unspecified atom stereocenters. The summed E-state index contributed by atoms with van der Waals surface area (Å²) >= 11 is 0. The Morgan fingerprint density at radius 2 is 1.85 bits per heavy atom. The summed E-state index contributed by atoms with van der Waals surface area (Å²) in [6.07, 6.45) is -0.185. The van der Waals surface area contributed by atoms with Crippen LogP contribution < -0.4 is 4.74 Å². The fourth-order valence-corrected chi connectivity index (χ4v) is 5.88. The summed E-state index contributed by atoms with van der Waals surface area (Å²) < 4.78 is 40.8. The topological polar surface area (TPSA) is 111 Å². The maximum absolute atomic E-state index is 13.3. The minimum absolute atomic E-state index is 0.00284. The van der Waals surface area contributed by atoms with E-state index in [1.807, 2.05) is 38.1 Å². The number of aromatic nitrogens is 2. The summed E-state index contributed by atoms with van der Waals surface area (Å²) in [6, 6.07) is 13.7. The number of sulfonamides is 1. The molecule has 2 heterocycles. The molecule has 1 aliphatic heterocycles. The summed E-state index contributed by atoms with van der Waals surface area (Å²) in [5.41, 5.74) is 1.29. The first-order valence-electron chi connectivity index (χ1n) is 11.3. The van der Waals surface area contributed by atoms with Gasteiger partial charge in [-0.05, 0) is 43.2 Å². The molecule has 0 spiro atoms. The van der Waals surface area contributed by atoms with Crippen molar-refractivity contribution in [2.24, 2.45) is 5.92 Å². The fraction of sp³-hybridized carbons (Fsp3) is 0.417. The number of carboxylic acid groups (broad SMARTS) is 1. The molecular formula is C24H29N3O6S. The molecule has 182 valence electrons. The van der Waals surface area contributed by atoms with E-state index in [0.29, 0.717) is 37.8 Å². The van der Waals surface area contributed by atoms with Gasteiger partial charge in [-0.2, -0.15) is 9.40 Å². The molecule has 1 saturated heterocycles. The number of para-hydroxylation sites is 1. The van der Waals surface area contributed by atoms with Gasteiger partial charge in [-0.15, -0.1) is 0 Å². The van der Waals surface area contributed by atoms with Crippen LogP contribution >= 0.6 is 0 Å². The first-order chi connectivity index (χ1) is 16.3. The van der Waals surface area contributed by atoms with E-state index < -0.39 is 16.0 Å². The Labute approximate surface area is 198 Å². The largest absolute Gasteiger partial charge is 0.491 e. The zero-order valence-corrected chi connectivity index (χ0v) is 20.1. The number of nitrogens with zero attached hydrogens (tertiary/aromatic N) is 3. The Hall–Kier alpha value is -2.95. The SMILES string of the molecule is CCOCCOc1ccc(S(=O)(=O)N2C[C@@H](C)[C@@H](n3nc(CC(=O)O)c4ccccc43)C2)cc1. The first-order valence-corrected chi connectivity index (χ1v) is 12.7. The van der Waals surface area contributed by atoms with Crippen LogP contribution in [0.3, 0.4) is 0 Å². The van der Waals surface area contributed by atoms with E-state index in [1.165, 1.54) is 4.31 Å². The van der Waals surface area contributed by atoms with Crippen LogP contribution in [0.15, 0.2) is 53.4 Å². The van der Waals surface area contributed by atoms with E-state index in [1.54, 1.807) is 28.9 Å². The molecule has 0 amide bonds. The third-order valence-electron chi connectivity index (χ3n) is 6.02. The minimum Gasteiger partial charge on any atom is -0.491 e. The van der Waals surface area contributed by atoms with E-state index in [4.69, 9.17) is 9.47 Å². The third-order valence-corrected chi connectivity index (χ3v) is 7.87. The lowest BCUT2D eigenvalue weighted by molar-refractivity contribution is -0.136. The van der Waals surface area contributed by atoms with E-state index in [0.717, 1.165) is 10.9 Å². The maximum Gasteiger partial charge on any atom is 0.309 e. The average Bonchev–Trinajstić information content (AvgIpc) is 3.38. The van der Waals surface area contributed by atoms with Crippen LogP contribution in [0.5, 0.6) is 5.75 Å². The zero-order valence-electron chi connectivity index (χ0n) is 19.3. The predicted molar refractivity (Wildman–Crippen MR) is 126 cm³/mol. The summed E-state index contributed by atoms with van der Waals surface area (Å²) in [7, 11) is -3.71. The van der Waals surface area contributed by atoms with E-state index in [2.05, 4.69) is 5.10 Å². The summed E-state index contributed by atoms with van der Waals surface area (Å²) in [5, 5.41) is 14.6. The fourth-order valence-electron chi connectivity index (χ4n) is 4.32. The van der Waals surface area contributed by atoms with Crippen LogP contribution in [-0.4, -0.2) is 66.5 Å². The second kappa shape index (κ2) is 10.1. The Morgan fingerprint density at radius 1 is 1.12 bits per heavy atom. The van der Waals surface area contributed by atoms with Crippen LogP contribution in [0.25, 0.3) is 10.9 Å². The first kappa shape index (κ1) is 24.2. The molecule has 1 aromatic heterocycles. The van der Waals surface area contributed by atoms with Gasteiger partial charge >= 0.3 is 5.97 Å². The third kappa shape index (κ3) is 4.94. The summed E-state index contributed by atoms with van der Waals surface area (Å²) in [6.45, 7) is 5.99. The van der Waals surface area contributed by atoms with Crippen LogP contribution in [0.4, 0.5) is 0 Å². The van der Waals surface area contributed by atoms with Crippen molar-refractivity contribution in [2.75, 3.05) is 32.9 Å². The number of aliphatic carboxylic acids is 1. The number of carbonyl (C=O) groups is 1. The highest BCUT2D eigenvalue weighted by Crippen LogP contribution is 2.34. The Kier molecular flexibility index (Phi) is 7.20. The van der Waals surface area contributed by atoms with Gasteiger partial charge in [-0.25, -0.2) is 8.42 Å². The van der Waals surface area contributed by atoms with Gasteiger partial charge in [0.1, 0.15) is 12.4 Å². The van der Waals surface area contributed by atoms with Crippen molar-refractivity contribution in [3.63, 3.8) is 0 Å². The molecule has 2 atom stereocenters. The Bertz CT molecular complexity index is 1260. The number of hydrogen-bond donors (Lipinski definition) is 1. The lowest BCUT2D eigenvalue weighted by atomic mass is 10.1. The molecular weight excluding hydrogens is 458 g/mol. The molecule has 3 aromatic rings.